The van der Waals surface area contributed by atoms with E-state index < -0.39 is 40.5 Å². The Balaban J connectivity index is 0.793. The Hall–Kier alpha value is -5.59. The van der Waals surface area contributed by atoms with Crippen LogP contribution >= 0.6 is 11.6 Å². The van der Waals surface area contributed by atoms with Crippen LogP contribution in [0.3, 0.4) is 0 Å². The Kier molecular flexibility index (Phi) is 9.68. The van der Waals surface area contributed by atoms with E-state index in [9.17, 15) is 29.2 Å². The molecule has 5 aliphatic rings. The van der Waals surface area contributed by atoms with Crippen LogP contribution < -0.4 is 25.2 Å². The Bertz CT molecular complexity index is 2190. The quantitative estimate of drug-likeness (QED) is 0.303. The van der Waals surface area contributed by atoms with Crippen molar-refractivity contribution in [3.8, 4) is 11.8 Å². The minimum atomic E-state index is -0.986. The zero-order valence-corrected chi connectivity index (χ0v) is 33.0. The molecule has 5 heterocycles. The third kappa shape index (κ3) is 6.84. The van der Waals surface area contributed by atoms with Crippen molar-refractivity contribution in [2.24, 2.45) is 16.7 Å². The molecule has 0 spiro atoms. The number of carbonyl (C=O) groups is 5. The van der Waals surface area contributed by atoms with Crippen molar-refractivity contribution in [3.05, 3.63) is 76.2 Å². The van der Waals surface area contributed by atoms with E-state index in [0.29, 0.717) is 22.3 Å². The number of piperazine rings is 1. The molecule has 0 radical (unpaired) electrons. The summed E-state index contributed by atoms with van der Waals surface area (Å²) >= 11 is 6.23. The summed E-state index contributed by atoms with van der Waals surface area (Å²) < 4.78 is 6.34. The number of nitrogens with zero attached hydrogens (tertiary/aromatic N) is 7. The molecule has 5 amide bonds. The van der Waals surface area contributed by atoms with Gasteiger partial charge < -0.3 is 19.9 Å². The third-order valence-corrected chi connectivity index (χ3v) is 12.6. The average molecular weight is 794 g/mol. The largest absolute Gasteiger partial charge is 0.489 e. The molecule has 1 atom stereocenters. The van der Waals surface area contributed by atoms with Gasteiger partial charge in [-0.25, -0.2) is 9.97 Å². The Morgan fingerprint density at radius 2 is 1.67 bits per heavy atom. The van der Waals surface area contributed by atoms with Crippen LogP contribution in [0.2, 0.25) is 5.02 Å². The number of anilines is 2. The molecule has 57 heavy (non-hydrogen) atoms. The van der Waals surface area contributed by atoms with Gasteiger partial charge in [0.1, 0.15) is 35.5 Å². The van der Waals surface area contributed by atoms with Gasteiger partial charge in [0.25, 0.3) is 17.7 Å². The molecule has 8 rings (SSSR count). The highest BCUT2D eigenvalue weighted by atomic mass is 35.5. The van der Waals surface area contributed by atoms with E-state index in [1.54, 1.807) is 36.5 Å². The van der Waals surface area contributed by atoms with Crippen molar-refractivity contribution in [1.82, 2.24) is 30.4 Å². The van der Waals surface area contributed by atoms with Crippen molar-refractivity contribution in [2.75, 3.05) is 55.6 Å². The van der Waals surface area contributed by atoms with Crippen LogP contribution in [0.5, 0.6) is 5.75 Å². The van der Waals surface area contributed by atoms with Gasteiger partial charge in [0.05, 0.1) is 34.1 Å². The number of carbonyl (C=O) groups excluding carboxylic acids is 5. The highest BCUT2D eigenvalue weighted by Crippen LogP contribution is 2.55. The maximum absolute atomic E-state index is 13.3. The van der Waals surface area contributed by atoms with Gasteiger partial charge in [-0.1, -0.05) is 39.3 Å². The van der Waals surface area contributed by atoms with Gasteiger partial charge in [-0.2, -0.15) is 5.26 Å². The average Bonchev–Trinajstić information content (AvgIpc) is 3.42. The van der Waals surface area contributed by atoms with Crippen molar-refractivity contribution < 1.29 is 28.7 Å². The van der Waals surface area contributed by atoms with Crippen LogP contribution in [0.25, 0.3) is 0 Å². The van der Waals surface area contributed by atoms with E-state index in [4.69, 9.17) is 16.3 Å². The normalized spacial score (nSPS) is 24.3. The van der Waals surface area contributed by atoms with Gasteiger partial charge in [0.2, 0.25) is 11.8 Å². The molecule has 0 bridgehead atoms. The summed E-state index contributed by atoms with van der Waals surface area (Å²) in [5, 5.41) is 14.9. The standard InChI is InChI=1S/C41H44ClN9O6/c1-40(2)38(41(3,4)39(40)57-26-7-5-24(17-43)29(42)16-26)47-34(53)30-18-45-32(19-44-30)50-21-23(22-50)20-48-11-13-49(14-12-48)25-6-8-27-28(15-25)37(56)51(36(27)55)31-9-10-33(52)46-35(31)54/h5-8,15-16,18-19,23,31,38-39H,9-14,20-22H2,1-4H3,(H,47,53)(H,46,52,54). The second-order valence-electron chi connectivity index (χ2n) is 16.8. The van der Waals surface area contributed by atoms with E-state index in [2.05, 4.69) is 69.1 Å². The summed E-state index contributed by atoms with van der Waals surface area (Å²) in [6.45, 7) is 14.0. The number of ether oxygens (including phenoxy) is 1. The van der Waals surface area contributed by atoms with Gasteiger partial charge in [-0.3, -0.25) is 39.1 Å². The first-order chi connectivity index (χ1) is 27.1. The van der Waals surface area contributed by atoms with E-state index in [-0.39, 0.29) is 47.7 Å². The van der Waals surface area contributed by atoms with Crippen molar-refractivity contribution in [3.63, 3.8) is 0 Å². The molecule has 4 fully saturated rings. The number of halogens is 1. The molecule has 15 nitrogen and oxygen atoms in total. The van der Waals surface area contributed by atoms with Gasteiger partial charge in [0.15, 0.2) is 0 Å². The highest BCUT2D eigenvalue weighted by molar-refractivity contribution is 6.31. The molecule has 296 valence electrons. The number of fused-ring (bicyclic) bond motifs is 1. The molecule has 3 saturated heterocycles. The van der Waals surface area contributed by atoms with Crippen molar-refractivity contribution in [1.29, 1.82) is 5.26 Å². The second kappa shape index (κ2) is 14.4. The fourth-order valence-electron chi connectivity index (χ4n) is 9.48. The van der Waals surface area contributed by atoms with Gasteiger partial charge >= 0.3 is 0 Å². The topological polar surface area (TPSA) is 181 Å². The van der Waals surface area contributed by atoms with Crippen LogP contribution in [0, 0.1) is 28.1 Å². The summed E-state index contributed by atoms with van der Waals surface area (Å²) in [4.78, 5) is 80.6. The Morgan fingerprint density at radius 3 is 2.32 bits per heavy atom. The summed E-state index contributed by atoms with van der Waals surface area (Å²) in [7, 11) is 0. The maximum Gasteiger partial charge on any atom is 0.271 e. The van der Waals surface area contributed by atoms with Gasteiger partial charge in [-0.05, 0) is 36.8 Å². The van der Waals surface area contributed by atoms with Crippen LogP contribution in [-0.4, -0.2) is 113 Å². The van der Waals surface area contributed by atoms with E-state index in [0.717, 1.165) is 62.2 Å². The Labute approximate surface area is 335 Å². The number of nitriles is 1. The number of nitrogens with one attached hydrogen (secondary N) is 2. The van der Waals surface area contributed by atoms with E-state index >= 15 is 0 Å². The lowest BCUT2D eigenvalue weighted by molar-refractivity contribution is -0.164. The van der Waals surface area contributed by atoms with Crippen LogP contribution in [-0.2, 0) is 9.59 Å². The monoisotopic (exact) mass is 793 g/mol. The number of aromatic nitrogens is 2. The number of piperidine rings is 1. The summed E-state index contributed by atoms with van der Waals surface area (Å²) in [6, 6.07) is 11.1. The van der Waals surface area contributed by atoms with Crippen LogP contribution in [0.15, 0.2) is 48.8 Å². The number of amides is 5. The third-order valence-electron chi connectivity index (χ3n) is 12.3. The minimum absolute atomic E-state index is 0.0812. The number of benzene rings is 2. The number of imide groups is 2. The lowest BCUT2D eigenvalue weighted by atomic mass is 9.49. The molecule has 3 aromatic rings. The molecule has 16 heteroatoms. The van der Waals surface area contributed by atoms with Crippen LogP contribution in [0.1, 0.15) is 77.3 Å². The molecule has 1 aliphatic carbocycles. The summed E-state index contributed by atoms with van der Waals surface area (Å²) in [5.74, 6) is -0.565. The second-order valence-corrected chi connectivity index (χ2v) is 17.2. The van der Waals surface area contributed by atoms with E-state index in [1.807, 2.05) is 6.07 Å². The Morgan fingerprint density at radius 1 is 0.947 bits per heavy atom. The molecule has 2 aromatic carbocycles. The fraction of sp³-hybridized carbons (Fsp3) is 0.463. The molecular weight excluding hydrogens is 750 g/mol. The molecule has 2 N–H and O–H groups in total. The fourth-order valence-corrected chi connectivity index (χ4v) is 9.70. The predicted molar refractivity (Wildman–Crippen MR) is 209 cm³/mol. The molecule has 1 saturated carbocycles. The number of rotatable bonds is 9. The zero-order chi connectivity index (χ0) is 40.4. The lowest BCUT2D eigenvalue weighted by Gasteiger charge is -2.63. The van der Waals surface area contributed by atoms with Crippen molar-refractivity contribution in [2.45, 2.75) is 58.7 Å². The highest BCUT2D eigenvalue weighted by Gasteiger charge is 2.64. The first-order valence-electron chi connectivity index (χ1n) is 19.2. The first kappa shape index (κ1) is 38.3. The first-order valence-corrected chi connectivity index (χ1v) is 19.6. The molecule has 1 aromatic heterocycles. The smallest absolute Gasteiger partial charge is 0.271 e. The summed E-state index contributed by atoms with van der Waals surface area (Å²) in [5.41, 5.74) is 1.24. The lowest BCUT2D eigenvalue weighted by Crippen LogP contribution is -2.74. The SMILES string of the molecule is CC1(C)C(NC(=O)c2cnc(N3CC(CN4CCN(c5ccc6c(c5)C(=O)N(C5CCC(=O)NC5=O)C6=O)CC4)C3)cn2)C(C)(C)C1Oc1ccc(C#N)c(Cl)c1. The predicted octanol–water partition coefficient (Wildman–Crippen LogP) is 3.27. The summed E-state index contributed by atoms with van der Waals surface area (Å²) in [6.07, 6.45) is 3.16. The molecular formula is C41H44ClN9O6. The van der Waals surface area contributed by atoms with Crippen LogP contribution in [0.4, 0.5) is 11.5 Å². The zero-order valence-electron chi connectivity index (χ0n) is 32.3. The maximum atomic E-state index is 13.3. The molecule has 1 unspecified atom stereocenters. The molecule has 4 aliphatic heterocycles. The van der Waals surface area contributed by atoms with Gasteiger partial charge in [0, 0.05) is 86.8 Å². The van der Waals surface area contributed by atoms with E-state index in [1.165, 1.54) is 6.20 Å². The number of hydrogen-bond acceptors (Lipinski definition) is 12. The number of hydrogen-bond donors (Lipinski definition) is 2. The van der Waals surface area contributed by atoms with Gasteiger partial charge in [-0.15, -0.1) is 0 Å². The minimum Gasteiger partial charge on any atom is -0.489 e. The van der Waals surface area contributed by atoms with Crippen molar-refractivity contribution >= 4 is 52.6 Å².